The van der Waals surface area contributed by atoms with Crippen LogP contribution in [-0.2, 0) is 6.54 Å². The van der Waals surface area contributed by atoms with Gasteiger partial charge in [-0.1, -0.05) is 18.6 Å². The van der Waals surface area contributed by atoms with Crippen LogP contribution >= 0.6 is 0 Å². The Morgan fingerprint density at radius 2 is 1.85 bits per heavy atom. The summed E-state index contributed by atoms with van der Waals surface area (Å²) in [6, 6.07) is 8.82. The molecule has 1 aromatic carbocycles. The molecular formula is C22H32N4O. The van der Waals surface area contributed by atoms with Gasteiger partial charge in [-0.25, -0.2) is 4.98 Å². The second-order valence-corrected chi connectivity index (χ2v) is 8.12. The van der Waals surface area contributed by atoms with Gasteiger partial charge in [0.2, 0.25) is 0 Å². The number of rotatable bonds is 4. The average molecular weight is 369 g/mol. The number of benzene rings is 1. The Morgan fingerprint density at radius 1 is 1.07 bits per heavy atom. The third-order valence-electron chi connectivity index (χ3n) is 6.03. The quantitative estimate of drug-likeness (QED) is 0.899. The number of aromatic nitrogens is 1. The van der Waals surface area contributed by atoms with Crippen molar-refractivity contribution in [2.75, 3.05) is 50.7 Å². The van der Waals surface area contributed by atoms with Crippen molar-refractivity contribution in [3.63, 3.8) is 0 Å². The van der Waals surface area contributed by atoms with Gasteiger partial charge in [-0.2, -0.15) is 0 Å². The summed E-state index contributed by atoms with van der Waals surface area (Å²) in [6.07, 6.45) is 1.69. The lowest BCUT2D eigenvalue weighted by Gasteiger charge is -2.36. The summed E-state index contributed by atoms with van der Waals surface area (Å²) in [5.41, 5.74) is 3.62. The van der Waals surface area contributed by atoms with Crippen molar-refractivity contribution < 1.29 is 5.11 Å². The van der Waals surface area contributed by atoms with Crippen LogP contribution in [0.5, 0.6) is 0 Å². The summed E-state index contributed by atoms with van der Waals surface area (Å²) in [6.45, 7) is 12.7. The van der Waals surface area contributed by atoms with E-state index in [1.54, 1.807) is 0 Å². The zero-order valence-corrected chi connectivity index (χ0v) is 16.7. The monoisotopic (exact) mass is 368 g/mol. The number of anilines is 1. The molecule has 2 aromatic rings. The smallest absolute Gasteiger partial charge is 0.133 e. The van der Waals surface area contributed by atoms with Gasteiger partial charge < -0.3 is 14.9 Å². The van der Waals surface area contributed by atoms with Gasteiger partial charge in [0, 0.05) is 56.8 Å². The van der Waals surface area contributed by atoms with E-state index in [1.165, 1.54) is 16.5 Å². The molecule has 1 atom stereocenters. The van der Waals surface area contributed by atoms with Gasteiger partial charge in [0.15, 0.2) is 0 Å². The maximum Gasteiger partial charge on any atom is 0.133 e. The number of likely N-dealkylation sites (N-methyl/N-ethyl adjacent to an activating group) is 1. The Kier molecular flexibility index (Phi) is 5.62. The van der Waals surface area contributed by atoms with Crippen molar-refractivity contribution in [3.8, 4) is 0 Å². The normalized spacial score (nSPS) is 22.5. The first-order valence-corrected chi connectivity index (χ1v) is 10.4. The number of β-amino-alcohol motifs (C(OH)–C–C–N with tert-alkyl or cyclic N) is 1. The predicted molar refractivity (Wildman–Crippen MR) is 111 cm³/mol. The molecule has 5 heteroatoms. The van der Waals surface area contributed by atoms with Crippen molar-refractivity contribution in [1.82, 2.24) is 14.8 Å². The van der Waals surface area contributed by atoms with Crippen LogP contribution in [0.1, 0.15) is 30.9 Å². The van der Waals surface area contributed by atoms with Crippen molar-refractivity contribution in [2.24, 2.45) is 0 Å². The Hall–Kier alpha value is -1.69. The van der Waals surface area contributed by atoms with Crippen LogP contribution in [0.2, 0.25) is 0 Å². The molecular weight excluding hydrogens is 336 g/mol. The molecule has 4 rings (SSSR count). The molecule has 2 aliphatic heterocycles. The molecule has 5 nitrogen and oxygen atoms in total. The van der Waals surface area contributed by atoms with E-state index in [0.717, 1.165) is 70.0 Å². The molecule has 0 radical (unpaired) electrons. The molecule has 1 unspecified atom stereocenters. The first-order chi connectivity index (χ1) is 13.1. The number of hydrogen-bond donors (Lipinski definition) is 1. The SMILES string of the molecule is CCN1CCN(Cc2cc3cc(C)ccc3nc2N2CCCC(O)C2)CC1. The Labute approximate surface area is 162 Å². The molecule has 0 amide bonds. The van der Waals surface area contributed by atoms with Crippen molar-refractivity contribution in [3.05, 3.63) is 35.4 Å². The number of aliphatic hydroxyl groups is 1. The number of aliphatic hydroxyl groups excluding tert-OH is 1. The number of piperazine rings is 1. The molecule has 146 valence electrons. The topological polar surface area (TPSA) is 42.8 Å². The molecule has 3 heterocycles. The first kappa shape index (κ1) is 18.7. The minimum Gasteiger partial charge on any atom is -0.391 e. The lowest BCUT2D eigenvalue weighted by atomic mass is 10.0. The molecule has 2 aliphatic rings. The molecule has 2 saturated heterocycles. The largest absolute Gasteiger partial charge is 0.391 e. The molecule has 0 bridgehead atoms. The second kappa shape index (κ2) is 8.13. The number of fused-ring (bicyclic) bond motifs is 1. The fourth-order valence-corrected chi connectivity index (χ4v) is 4.37. The van der Waals surface area contributed by atoms with Crippen LogP contribution in [0, 0.1) is 6.92 Å². The third kappa shape index (κ3) is 4.26. The minimum atomic E-state index is -0.241. The maximum atomic E-state index is 10.2. The molecule has 0 aliphatic carbocycles. The zero-order valence-electron chi connectivity index (χ0n) is 16.7. The van der Waals surface area contributed by atoms with Crippen molar-refractivity contribution in [2.45, 2.75) is 39.3 Å². The Bertz CT molecular complexity index is 785. The number of piperidine rings is 1. The van der Waals surface area contributed by atoms with Gasteiger partial charge in [-0.05, 0) is 44.5 Å². The summed E-state index contributed by atoms with van der Waals surface area (Å²) in [5.74, 6) is 1.07. The number of aryl methyl sites for hydroxylation is 1. The Morgan fingerprint density at radius 3 is 2.59 bits per heavy atom. The van der Waals surface area contributed by atoms with Crippen LogP contribution < -0.4 is 4.90 Å². The molecule has 2 fully saturated rings. The minimum absolute atomic E-state index is 0.241. The van der Waals surface area contributed by atoms with Gasteiger partial charge in [0.05, 0.1) is 11.6 Å². The van der Waals surface area contributed by atoms with Gasteiger partial charge in [-0.15, -0.1) is 0 Å². The van der Waals surface area contributed by atoms with E-state index in [0.29, 0.717) is 6.54 Å². The highest BCUT2D eigenvalue weighted by molar-refractivity contribution is 5.82. The summed E-state index contributed by atoms with van der Waals surface area (Å²) in [7, 11) is 0. The molecule has 1 N–H and O–H groups in total. The summed E-state index contributed by atoms with van der Waals surface area (Å²) in [4.78, 5) is 12.4. The molecule has 1 aromatic heterocycles. The maximum absolute atomic E-state index is 10.2. The molecule has 0 saturated carbocycles. The lowest BCUT2D eigenvalue weighted by molar-refractivity contribution is 0.131. The van der Waals surface area contributed by atoms with Gasteiger partial charge in [-0.3, -0.25) is 4.90 Å². The number of hydrogen-bond acceptors (Lipinski definition) is 5. The van der Waals surface area contributed by atoms with E-state index in [4.69, 9.17) is 4.98 Å². The van der Waals surface area contributed by atoms with Crippen LogP contribution in [0.4, 0.5) is 5.82 Å². The fourth-order valence-electron chi connectivity index (χ4n) is 4.37. The number of nitrogens with zero attached hydrogens (tertiary/aromatic N) is 4. The van der Waals surface area contributed by atoms with Crippen molar-refractivity contribution in [1.29, 1.82) is 0 Å². The highest BCUT2D eigenvalue weighted by atomic mass is 16.3. The molecule has 0 spiro atoms. The van der Waals surface area contributed by atoms with Gasteiger partial charge >= 0.3 is 0 Å². The van der Waals surface area contributed by atoms with E-state index in [9.17, 15) is 5.11 Å². The Balaban J connectivity index is 1.64. The van der Waals surface area contributed by atoms with E-state index in [2.05, 4.69) is 52.8 Å². The predicted octanol–water partition coefficient (Wildman–Crippen LogP) is 2.64. The fraction of sp³-hybridized carbons (Fsp3) is 0.591. The standard InChI is InChI=1S/C22H32N4O/c1-3-24-9-11-25(12-10-24)15-19-14-18-13-17(2)6-7-21(18)23-22(19)26-8-4-5-20(27)16-26/h6-7,13-14,20,27H,3-5,8-12,15-16H2,1-2H3. The third-order valence-corrected chi connectivity index (χ3v) is 6.03. The lowest BCUT2D eigenvalue weighted by Crippen LogP contribution is -2.46. The zero-order chi connectivity index (χ0) is 18.8. The average Bonchev–Trinajstić information content (AvgIpc) is 2.68. The summed E-state index contributed by atoms with van der Waals surface area (Å²) in [5, 5.41) is 11.4. The summed E-state index contributed by atoms with van der Waals surface area (Å²) < 4.78 is 0. The van der Waals surface area contributed by atoms with Gasteiger partial charge in [0.25, 0.3) is 0 Å². The van der Waals surface area contributed by atoms with Gasteiger partial charge in [0.1, 0.15) is 5.82 Å². The van der Waals surface area contributed by atoms with Crippen molar-refractivity contribution >= 4 is 16.7 Å². The van der Waals surface area contributed by atoms with Crippen LogP contribution in [0.25, 0.3) is 10.9 Å². The van der Waals surface area contributed by atoms with E-state index < -0.39 is 0 Å². The van der Waals surface area contributed by atoms with Crippen LogP contribution in [0.3, 0.4) is 0 Å². The summed E-state index contributed by atoms with van der Waals surface area (Å²) >= 11 is 0. The highest BCUT2D eigenvalue weighted by Gasteiger charge is 2.24. The second-order valence-electron chi connectivity index (χ2n) is 8.12. The van der Waals surface area contributed by atoms with Crippen LogP contribution in [-0.4, -0.2) is 71.8 Å². The highest BCUT2D eigenvalue weighted by Crippen LogP contribution is 2.28. The van der Waals surface area contributed by atoms with E-state index in [1.807, 2.05) is 0 Å². The van der Waals surface area contributed by atoms with E-state index >= 15 is 0 Å². The number of pyridine rings is 1. The first-order valence-electron chi connectivity index (χ1n) is 10.4. The van der Waals surface area contributed by atoms with Crippen LogP contribution in [0.15, 0.2) is 24.3 Å². The molecule has 27 heavy (non-hydrogen) atoms. The van der Waals surface area contributed by atoms with E-state index in [-0.39, 0.29) is 6.10 Å².